The van der Waals surface area contributed by atoms with Gasteiger partial charge < -0.3 is 13.6 Å². The van der Waals surface area contributed by atoms with Gasteiger partial charge in [0.25, 0.3) is 0 Å². The summed E-state index contributed by atoms with van der Waals surface area (Å²) in [6.45, 7) is 13.8. The molecule has 0 saturated carbocycles. The van der Waals surface area contributed by atoms with Crippen molar-refractivity contribution in [3.63, 3.8) is 0 Å². The van der Waals surface area contributed by atoms with Gasteiger partial charge in [0.05, 0.1) is 13.7 Å². The number of ether oxygens (including phenoxy) is 2. The summed E-state index contributed by atoms with van der Waals surface area (Å²) in [5, 5.41) is 1.34. The number of hydrogen-bond donors (Lipinski definition) is 0. The number of hydrogen-bond acceptors (Lipinski definition) is 3. The van der Waals surface area contributed by atoms with Crippen LogP contribution < -0.4 is 14.7 Å². The maximum Gasteiger partial charge on any atom is 0.205 e. The molecule has 174 valence electrons. The lowest BCUT2D eigenvalue weighted by molar-refractivity contribution is 0.315. The third-order valence-corrected chi connectivity index (χ3v) is 13.4. The summed E-state index contributed by atoms with van der Waals surface area (Å²) < 4.78 is 18.1. The van der Waals surface area contributed by atoms with Crippen LogP contribution in [0.25, 0.3) is 17.2 Å². The van der Waals surface area contributed by atoms with Crippen LogP contribution in [0.4, 0.5) is 0 Å². The van der Waals surface area contributed by atoms with E-state index in [4.69, 9.17) is 13.6 Å². The molecule has 0 atom stereocenters. The first kappa shape index (κ1) is 25.0. The Bertz CT molecular complexity index is 1020. The molecule has 0 unspecified atom stereocenters. The highest BCUT2D eigenvalue weighted by Gasteiger charge is 2.34. The van der Waals surface area contributed by atoms with E-state index < -0.39 is 16.6 Å². The van der Waals surface area contributed by atoms with Crippen molar-refractivity contribution in [2.24, 2.45) is 0 Å². The third kappa shape index (κ3) is 7.19. The molecule has 0 aliphatic carbocycles. The monoisotopic (exact) mass is 476 g/mol. The van der Waals surface area contributed by atoms with Gasteiger partial charge in [-0.15, -0.1) is 0 Å². The van der Waals surface area contributed by atoms with Gasteiger partial charge in [0.15, 0.2) is 8.32 Å². The summed E-state index contributed by atoms with van der Waals surface area (Å²) in [5.41, 5.74) is 3.48. The highest BCUT2D eigenvalue weighted by atomic mass is 28.4. The predicted octanol–water partition coefficient (Wildman–Crippen LogP) is 7.11. The second-order valence-corrected chi connectivity index (χ2v) is 17.8. The van der Waals surface area contributed by atoms with Crippen molar-refractivity contribution in [3.8, 4) is 22.6 Å². The minimum absolute atomic E-state index is 0.706. The Morgan fingerprint density at radius 1 is 0.758 bits per heavy atom. The first-order valence-electron chi connectivity index (χ1n) is 11.5. The van der Waals surface area contributed by atoms with Crippen LogP contribution in [0.2, 0.25) is 32.2 Å². The lowest BCUT2D eigenvalue weighted by Crippen LogP contribution is -2.52. The summed E-state index contributed by atoms with van der Waals surface area (Å²) in [6, 6.07) is 26.1. The van der Waals surface area contributed by atoms with E-state index in [1.165, 1.54) is 10.8 Å². The number of benzene rings is 3. The molecule has 3 nitrogen and oxygen atoms in total. The predicted molar refractivity (Wildman–Crippen MR) is 146 cm³/mol. The van der Waals surface area contributed by atoms with Gasteiger partial charge in [0.1, 0.15) is 11.5 Å². The largest absolute Gasteiger partial charge is 0.497 e. The molecule has 3 rings (SSSR count). The summed E-state index contributed by atoms with van der Waals surface area (Å²) in [7, 11) is -2.05. The Balaban J connectivity index is 1.48. The molecule has 5 heteroatoms. The standard InChI is InChI=1S/C28H36O3Si2/c1-7-23-9-19-28(20-10-23)33(5,6)31-32(3,4)22-8-21-30-27-17-13-25(14-18-27)24-11-15-26(29-2)16-12-24/h7,9-20H,1,8,21-22H2,2-6H3. The highest BCUT2D eigenvalue weighted by Crippen LogP contribution is 2.25. The highest BCUT2D eigenvalue weighted by molar-refractivity contribution is 6.92. The number of rotatable bonds is 11. The van der Waals surface area contributed by atoms with Gasteiger partial charge in [0, 0.05) is 0 Å². The van der Waals surface area contributed by atoms with E-state index in [0.717, 1.165) is 35.1 Å². The van der Waals surface area contributed by atoms with Crippen molar-refractivity contribution >= 4 is 27.9 Å². The molecule has 0 bridgehead atoms. The minimum atomic E-state index is -1.94. The molecule has 3 aromatic carbocycles. The second-order valence-electron chi connectivity index (χ2n) is 9.40. The van der Waals surface area contributed by atoms with Crippen LogP contribution in [0.3, 0.4) is 0 Å². The third-order valence-electron chi connectivity index (χ3n) is 5.84. The van der Waals surface area contributed by atoms with E-state index in [2.05, 4.69) is 81.3 Å². The first-order chi connectivity index (χ1) is 15.7. The molecule has 0 spiro atoms. The molecular weight excluding hydrogens is 440 g/mol. The van der Waals surface area contributed by atoms with Gasteiger partial charge in [0.2, 0.25) is 8.32 Å². The average Bonchev–Trinajstić information content (AvgIpc) is 2.82. The van der Waals surface area contributed by atoms with Crippen LogP contribution in [0.5, 0.6) is 11.5 Å². The van der Waals surface area contributed by atoms with E-state index in [9.17, 15) is 0 Å². The lowest BCUT2D eigenvalue weighted by atomic mass is 10.1. The van der Waals surface area contributed by atoms with E-state index in [1.54, 1.807) is 7.11 Å². The molecule has 0 aromatic heterocycles. The van der Waals surface area contributed by atoms with Crippen LogP contribution in [-0.2, 0) is 4.12 Å². The Kier molecular flexibility index (Phi) is 8.35. The zero-order chi connectivity index (χ0) is 23.9. The zero-order valence-electron chi connectivity index (χ0n) is 20.6. The summed E-state index contributed by atoms with van der Waals surface area (Å²) >= 11 is 0. The SMILES string of the molecule is C=Cc1ccc([Si](C)(C)O[Si](C)(C)CCCOc2ccc(-c3ccc(OC)cc3)cc2)cc1. The summed E-state index contributed by atoms with van der Waals surface area (Å²) in [4.78, 5) is 0. The minimum Gasteiger partial charge on any atom is -0.497 e. The van der Waals surface area contributed by atoms with Crippen LogP contribution in [0.15, 0.2) is 79.4 Å². The maximum absolute atomic E-state index is 6.81. The van der Waals surface area contributed by atoms with Crippen LogP contribution >= 0.6 is 0 Å². The molecule has 0 fully saturated rings. The van der Waals surface area contributed by atoms with Crippen LogP contribution in [0.1, 0.15) is 12.0 Å². The molecule has 0 heterocycles. The lowest BCUT2D eigenvalue weighted by Gasteiger charge is -2.34. The Hall–Kier alpha value is -2.61. The topological polar surface area (TPSA) is 27.7 Å². The van der Waals surface area contributed by atoms with Crippen molar-refractivity contribution < 1.29 is 13.6 Å². The quantitative estimate of drug-likeness (QED) is 0.218. The van der Waals surface area contributed by atoms with Gasteiger partial charge in [-0.25, -0.2) is 0 Å². The van der Waals surface area contributed by atoms with E-state index in [-0.39, 0.29) is 0 Å². The van der Waals surface area contributed by atoms with E-state index in [0.29, 0.717) is 6.61 Å². The fraction of sp³-hybridized carbons (Fsp3) is 0.286. The molecule has 0 amide bonds. The molecule has 0 radical (unpaired) electrons. The zero-order valence-corrected chi connectivity index (χ0v) is 22.6. The van der Waals surface area contributed by atoms with Gasteiger partial charge in [-0.2, -0.15) is 0 Å². The van der Waals surface area contributed by atoms with Gasteiger partial charge in [-0.3, -0.25) is 0 Å². The first-order valence-corrected chi connectivity index (χ1v) is 17.6. The molecule has 0 aliphatic heterocycles. The van der Waals surface area contributed by atoms with Gasteiger partial charge >= 0.3 is 0 Å². The van der Waals surface area contributed by atoms with Crippen molar-refractivity contribution in [3.05, 3.63) is 84.9 Å². The molecule has 0 saturated heterocycles. The van der Waals surface area contributed by atoms with E-state index in [1.807, 2.05) is 30.3 Å². The Morgan fingerprint density at radius 3 is 1.82 bits per heavy atom. The van der Waals surface area contributed by atoms with Gasteiger partial charge in [-0.05, 0) is 84.8 Å². The average molecular weight is 477 g/mol. The summed E-state index contributed by atoms with van der Waals surface area (Å²) in [5.74, 6) is 1.77. The number of methoxy groups -OCH3 is 1. The second kappa shape index (κ2) is 11.0. The molecule has 33 heavy (non-hydrogen) atoms. The normalized spacial score (nSPS) is 11.8. The fourth-order valence-electron chi connectivity index (χ4n) is 4.04. The summed E-state index contributed by atoms with van der Waals surface area (Å²) in [6.07, 6.45) is 2.88. The van der Waals surface area contributed by atoms with Crippen molar-refractivity contribution in [1.82, 2.24) is 0 Å². The molecule has 0 aliphatic rings. The van der Waals surface area contributed by atoms with Crippen LogP contribution in [0, 0.1) is 0 Å². The van der Waals surface area contributed by atoms with Crippen molar-refractivity contribution in [2.45, 2.75) is 38.7 Å². The Labute approximate surface area is 201 Å². The smallest absolute Gasteiger partial charge is 0.205 e. The molecular formula is C28H36O3Si2. The van der Waals surface area contributed by atoms with Crippen LogP contribution in [-0.4, -0.2) is 30.4 Å². The van der Waals surface area contributed by atoms with Crippen molar-refractivity contribution in [1.29, 1.82) is 0 Å². The fourth-order valence-corrected chi connectivity index (χ4v) is 12.4. The van der Waals surface area contributed by atoms with Gasteiger partial charge in [-0.1, -0.05) is 61.2 Å². The van der Waals surface area contributed by atoms with Crippen molar-refractivity contribution in [2.75, 3.05) is 13.7 Å². The Morgan fingerprint density at radius 2 is 1.30 bits per heavy atom. The maximum atomic E-state index is 6.81. The molecule has 0 N–H and O–H groups in total. The van der Waals surface area contributed by atoms with E-state index >= 15 is 0 Å². The molecule has 3 aromatic rings.